The molecule has 0 radical (unpaired) electrons. The van der Waals surface area contributed by atoms with Crippen molar-refractivity contribution < 1.29 is 21.9 Å². The maximum Gasteiger partial charge on any atom is 0.252 e. The highest BCUT2D eigenvalue weighted by Crippen LogP contribution is 2.38. The molecule has 36 heavy (non-hydrogen) atoms. The minimum atomic E-state index is -3.58. The number of sulfonamides is 1. The number of rotatable bonds is 7. The van der Waals surface area contributed by atoms with Crippen LogP contribution in [0.3, 0.4) is 0 Å². The fraction of sp³-hybridized carbons (Fsp3) is 0.600. The monoisotopic (exact) mass is 553 g/mol. The molecule has 1 aliphatic carbocycles. The summed E-state index contributed by atoms with van der Waals surface area (Å²) in [5.74, 6) is 0.761. The maximum atomic E-state index is 13.3. The molecular weight excluding hydrogens is 518 g/mol. The van der Waals surface area contributed by atoms with Crippen molar-refractivity contribution in [1.82, 2.24) is 9.21 Å². The van der Waals surface area contributed by atoms with Crippen molar-refractivity contribution in [2.75, 3.05) is 49.1 Å². The standard InChI is InChI=1S/C25H35N3O5S3/c1-25(2,29)20-7-9-21(10-8-20)28-12-11-27(36(32,33)24-4-3-14-34-24)17-22(28)16-26-13-15-35(30,31)18-23(26)19-5-6-19/h3-4,7-10,14,19,22-23,29H,5-6,11-13,15-18H2,1-2H3/t22-,23+/m0/s1. The number of thiophene rings is 1. The zero-order valence-corrected chi connectivity index (χ0v) is 23.2. The second kappa shape index (κ2) is 9.67. The highest BCUT2D eigenvalue weighted by atomic mass is 32.2. The van der Waals surface area contributed by atoms with E-state index in [1.807, 2.05) is 24.3 Å². The number of benzene rings is 1. The fourth-order valence-electron chi connectivity index (χ4n) is 5.42. The zero-order chi connectivity index (χ0) is 25.7. The van der Waals surface area contributed by atoms with Crippen molar-refractivity contribution in [3.63, 3.8) is 0 Å². The van der Waals surface area contributed by atoms with Crippen LogP contribution in [0.4, 0.5) is 5.69 Å². The molecule has 1 aromatic heterocycles. The molecule has 1 aromatic carbocycles. The Kier molecular flexibility index (Phi) is 7.01. The van der Waals surface area contributed by atoms with Gasteiger partial charge in [0.1, 0.15) is 4.21 Å². The molecule has 2 saturated heterocycles. The van der Waals surface area contributed by atoms with Crippen LogP contribution >= 0.6 is 11.3 Å². The summed E-state index contributed by atoms with van der Waals surface area (Å²) in [5.41, 5.74) is 0.855. The van der Waals surface area contributed by atoms with Crippen LogP contribution in [0.2, 0.25) is 0 Å². The van der Waals surface area contributed by atoms with Crippen LogP contribution in [-0.4, -0.2) is 87.5 Å². The Morgan fingerprint density at radius 2 is 1.81 bits per heavy atom. The number of hydrogen-bond donors (Lipinski definition) is 1. The average molecular weight is 554 g/mol. The van der Waals surface area contributed by atoms with Crippen molar-refractivity contribution >= 4 is 36.9 Å². The van der Waals surface area contributed by atoms with Crippen LogP contribution in [-0.2, 0) is 25.5 Å². The van der Waals surface area contributed by atoms with Gasteiger partial charge in [-0.2, -0.15) is 4.31 Å². The Bertz CT molecular complexity index is 1270. The number of aliphatic hydroxyl groups is 1. The molecule has 2 atom stereocenters. The first-order chi connectivity index (χ1) is 16.9. The van der Waals surface area contributed by atoms with Crippen LogP contribution in [0.1, 0.15) is 32.3 Å². The van der Waals surface area contributed by atoms with Crippen molar-refractivity contribution in [2.24, 2.45) is 5.92 Å². The van der Waals surface area contributed by atoms with Crippen LogP contribution in [0, 0.1) is 5.92 Å². The van der Waals surface area contributed by atoms with E-state index in [0.29, 0.717) is 42.9 Å². The predicted molar refractivity (Wildman–Crippen MR) is 143 cm³/mol. The molecule has 0 unspecified atom stereocenters. The molecule has 0 spiro atoms. The molecule has 3 aliphatic rings. The lowest BCUT2D eigenvalue weighted by Gasteiger charge is -2.46. The normalized spacial score (nSPS) is 26.2. The number of piperazine rings is 1. The topological polar surface area (TPSA) is 98.2 Å². The van der Waals surface area contributed by atoms with Gasteiger partial charge in [0.05, 0.1) is 23.1 Å². The first kappa shape index (κ1) is 26.1. The highest BCUT2D eigenvalue weighted by molar-refractivity contribution is 7.91. The molecule has 5 rings (SSSR count). The minimum absolute atomic E-state index is 0.00689. The summed E-state index contributed by atoms with van der Waals surface area (Å²) in [4.78, 5) is 4.55. The Morgan fingerprint density at radius 1 is 1.08 bits per heavy atom. The number of hydrogen-bond acceptors (Lipinski definition) is 8. The van der Waals surface area contributed by atoms with E-state index in [1.165, 1.54) is 11.3 Å². The molecule has 3 heterocycles. The molecule has 0 amide bonds. The first-order valence-electron chi connectivity index (χ1n) is 12.5. The van der Waals surface area contributed by atoms with Gasteiger partial charge in [-0.1, -0.05) is 18.2 Å². The third kappa shape index (κ3) is 5.51. The van der Waals surface area contributed by atoms with E-state index < -0.39 is 25.5 Å². The largest absolute Gasteiger partial charge is 0.386 e. The average Bonchev–Trinajstić information content (AvgIpc) is 3.51. The quantitative estimate of drug-likeness (QED) is 0.562. The lowest BCUT2D eigenvalue weighted by atomic mass is 9.98. The van der Waals surface area contributed by atoms with E-state index in [-0.39, 0.29) is 23.6 Å². The van der Waals surface area contributed by atoms with Crippen LogP contribution in [0.25, 0.3) is 0 Å². The van der Waals surface area contributed by atoms with Gasteiger partial charge in [-0.15, -0.1) is 11.3 Å². The smallest absolute Gasteiger partial charge is 0.252 e. The summed E-state index contributed by atoms with van der Waals surface area (Å²) >= 11 is 1.23. The summed E-state index contributed by atoms with van der Waals surface area (Å²) in [6.07, 6.45) is 2.12. The van der Waals surface area contributed by atoms with Gasteiger partial charge in [0.2, 0.25) is 0 Å². The molecule has 11 heteroatoms. The van der Waals surface area contributed by atoms with Crippen LogP contribution in [0.5, 0.6) is 0 Å². The molecule has 198 valence electrons. The molecular formula is C25H35N3O5S3. The van der Waals surface area contributed by atoms with E-state index in [1.54, 1.807) is 35.7 Å². The lowest BCUT2D eigenvalue weighted by Crippen LogP contribution is -2.61. The van der Waals surface area contributed by atoms with Crippen molar-refractivity contribution in [3.05, 3.63) is 47.3 Å². The number of nitrogens with zero attached hydrogens (tertiary/aromatic N) is 3. The van der Waals surface area contributed by atoms with E-state index in [9.17, 15) is 21.9 Å². The van der Waals surface area contributed by atoms with Gasteiger partial charge in [0.25, 0.3) is 10.0 Å². The maximum absolute atomic E-state index is 13.3. The van der Waals surface area contributed by atoms with Crippen molar-refractivity contribution in [1.29, 1.82) is 0 Å². The second-order valence-electron chi connectivity index (χ2n) is 10.8. The highest BCUT2D eigenvalue weighted by Gasteiger charge is 2.43. The Hall–Kier alpha value is -1.50. The number of sulfone groups is 1. The van der Waals surface area contributed by atoms with E-state index in [0.717, 1.165) is 24.1 Å². The van der Waals surface area contributed by atoms with Crippen LogP contribution in [0.15, 0.2) is 46.0 Å². The van der Waals surface area contributed by atoms with Gasteiger partial charge in [-0.25, -0.2) is 16.8 Å². The molecule has 1 saturated carbocycles. The summed E-state index contributed by atoms with van der Waals surface area (Å²) in [5, 5.41) is 12.1. The van der Waals surface area contributed by atoms with Crippen molar-refractivity contribution in [3.8, 4) is 0 Å². The molecule has 2 aliphatic heterocycles. The lowest BCUT2D eigenvalue weighted by molar-refractivity contribution is 0.0786. The Labute approximate surface area is 218 Å². The molecule has 3 fully saturated rings. The molecule has 2 aromatic rings. The van der Waals surface area contributed by atoms with Gasteiger partial charge < -0.3 is 10.0 Å². The molecule has 1 N–H and O–H groups in total. The second-order valence-corrected chi connectivity index (χ2v) is 16.1. The fourth-order valence-corrected chi connectivity index (χ4v) is 9.72. The summed E-state index contributed by atoms with van der Waals surface area (Å²) in [6, 6.07) is 11.1. The van der Waals surface area contributed by atoms with Gasteiger partial charge in [0.15, 0.2) is 9.84 Å². The van der Waals surface area contributed by atoms with E-state index >= 15 is 0 Å². The Balaban J connectivity index is 1.42. The summed E-state index contributed by atoms with van der Waals surface area (Å²) in [6.45, 7) is 5.86. The third-order valence-electron chi connectivity index (χ3n) is 7.63. The van der Waals surface area contributed by atoms with Gasteiger partial charge in [-0.3, -0.25) is 4.90 Å². The Morgan fingerprint density at radius 3 is 2.42 bits per heavy atom. The zero-order valence-electron chi connectivity index (χ0n) is 20.8. The number of anilines is 1. The molecule has 0 bridgehead atoms. The van der Waals surface area contributed by atoms with Crippen LogP contribution < -0.4 is 4.90 Å². The van der Waals surface area contributed by atoms with Gasteiger partial charge >= 0.3 is 0 Å². The predicted octanol–water partition coefficient (Wildman–Crippen LogP) is 2.36. The van der Waals surface area contributed by atoms with E-state index in [2.05, 4.69) is 9.80 Å². The molecule has 8 nitrogen and oxygen atoms in total. The first-order valence-corrected chi connectivity index (χ1v) is 16.7. The van der Waals surface area contributed by atoms with Gasteiger partial charge in [0, 0.05) is 44.5 Å². The van der Waals surface area contributed by atoms with Crippen molar-refractivity contribution in [2.45, 2.75) is 48.6 Å². The summed E-state index contributed by atoms with van der Waals surface area (Å²) < 4.78 is 53.4. The van der Waals surface area contributed by atoms with Gasteiger partial charge in [-0.05, 0) is 61.7 Å². The SMILES string of the molecule is CC(C)(O)c1ccc(N2CCN(S(=O)(=O)c3cccs3)C[C@@H]2CN2CCS(=O)(=O)C[C@@H]2C2CC2)cc1. The summed E-state index contributed by atoms with van der Waals surface area (Å²) in [7, 11) is -6.63. The third-order valence-corrected chi connectivity index (χ3v) is 12.5. The minimum Gasteiger partial charge on any atom is -0.386 e. The van der Waals surface area contributed by atoms with E-state index in [4.69, 9.17) is 0 Å².